The number of benzene rings is 1. The summed E-state index contributed by atoms with van der Waals surface area (Å²) >= 11 is 0. The van der Waals surface area contributed by atoms with Crippen LogP contribution < -0.4 is 21.3 Å². The van der Waals surface area contributed by atoms with Crippen molar-refractivity contribution in [2.45, 2.75) is 25.8 Å². The molecular formula is C21H25N7O2. The van der Waals surface area contributed by atoms with E-state index < -0.39 is 5.91 Å². The van der Waals surface area contributed by atoms with E-state index in [2.05, 4.69) is 30.7 Å². The molecule has 0 atom stereocenters. The third kappa shape index (κ3) is 4.45. The molecule has 3 heterocycles. The second-order valence-corrected chi connectivity index (χ2v) is 7.28. The minimum absolute atomic E-state index is 0.198. The van der Waals surface area contributed by atoms with E-state index in [9.17, 15) is 9.90 Å². The van der Waals surface area contributed by atoms with Crippen molar-refractivity contribution >= 4 is 29.0 Å². The van der Waals surface area contributed by atoms with Gasteiger partial charge in [0.05, 0.1) is 11.9 Å². The number of phenols is 1. The number of amides is 1. The Morgan fingerprint density at radius 1 is 1.13 bits per heavy atom. The highest BCUT2D eigenvalue weighted by Gasteiger charge is 2.19. The van der Waals surface area contributed by atoms with Gasteiger partial charge in [0.2, 0.25) is 0 Å². The highest BCUT2D eigenvalue weighted by molar-refractivity contribution is 6.03. The smallest absolute Gasteiger partial charge is 0.256 e. The van der Waals surface area contributed by atoms with E-state index in [1.54, 1.807) is 24.3 Å². The first-order chi connectivity index (χ1) is 14.6. The number of aromatic hydroxyl groups is 1. The third-order valence-corrected chi connectivity index (χ3v) is 5.13. The average Bonchev–Trinajstić information content (AvgIpc) is 3.17. The van der Waals surface area contributed by atoms with E-state index in [4.69, 9.17) is 5.73 Å². The molecule has 1 fully saturated rings. The van der Waals surface area contributed by atoms with Crippen molar-refractivity contribution in [3.8, 4) is 5.75 Å². The Bertz CT molecular complexity index is 993. The lowest BCUT2D eigenvalue weighted by molar-refractivity contribution is 0.100. The summed E-state index contributed by atoms with van der Waals surface area (Å²) in [5.41, 5.74) is 7.84. The molecule has 1 amide bonds. The molecule has 156 valence electrons. The number of H-pyrrole nitrogens is 1. The zero-order chi connectivity index (χ0) is 20.9. The molecule has 0 spiro atoms. The number of nitrogens with zero attached hydrogens (tertiary/aromatic N) is 3. The van der Waals surface area contributed by atoms with Gasteiger partial charge < -0.3 is 26.4 Å². The summed E-state index contributed by atoms with van der Waals surface area (Å²) in [6.45, 7) is 2.54. The second-order valence-electron chi connectivity index (χ2n) is 7.28. The van der Waals surface area contributed by atoms with Crippen molar-refractivity contribution in [2.75, 3.05) is 28.6 Å². The van der Waals surface area contributed by atoms with E-state index in [0.717, 1.165) is 24.3 Å². The number of piperidine rings is 1. The number of anilines is 4. The van der Waals surface area contributed by atoms with Crippen LogP contribution in [0.25, 0.3) is 0 Å². The molecule has 4 rings (SSSR count). The molecular weight excluding hydrogens is 382 g/mol. The molecule has 0 saturated carbocycles. The predicted octanol–water partition coefficient (Wildman–Crippen LogP) is 2.96. The summed E-state index contributed by atoms with van der Waals surface area (Å²) in [4.78, 5) is 18.8. The fourth-order valence-electron chi connectivity index (χ4n) is 3.52. The second kappa shape index (κ2) is 8.73. The van der Waals surface area contributed by atoms with Crippen LogP contribution in [-0.4, -0.2) is 39.3 Å². The molecule has 1 saturated heterocycles. The maximum atomic E-state index is 12.0. The van der Waals surface area contributed by atoms with E-state index in [-0.39, 0.29) is 11.3 Å². The first kappa shape index (κ1) is 19.6. The molecule has 6 N–H and O–H groups in total. The highest BCUT2D eigenvalue weighted by Crippen LogP contribution is 2.26. The number of primary amides is 1. The number of hydrogen-bond donors (Lipinski definition) is 5. The third-order valence-electron chi connectivity index (χ3n) is 5.13. The van der Waals surface area contributed by atoms with Crippen LogP contribution >= 0.6 is 0 Å². The highest BCUT2D eigenvalue weighted by atomic mass is 16.3. The van der Waals surface area contributed by atoms with Gasteiger partial charge in [-0.2, -0.15) is 5.10 Å². The number of nitrogens with one attached hydrogen (secondary N) is 3. The first-order valence-electron chi connectivity index (χ1n) is 9.98. The summed E-state index contributed by atoms with van der Waals surface area (Å²) in [6, 6.07) is 10.7. The van der Waals surface area contributed by atoms with Crippen molar-refractivity contribution < 1.29 is 9.90 Å². The van der Waals surface area contributed by atoms with Gasteiger partial charge in [0.1, 0.15) is 22.9 Å². The lowest BCUT2D eigenvalue weighted by Crippen LogP contribution is -2.29. The number of aromatic nitrogens is 3. The Balaban J connectivity index is 1.46. The largest absolute Gasteiger partial charge is 0.508 e. The maximum Gasteiger partial charge on any atom is 0.256 e. The zero-order valence-electron chi connectivity index (χ0n) is 16.6. The molecule has 0 unspecified atom stereocenters. The van der Waals surface area contributed by atoms with Gasteiger partial charge in [-0.25, -0.2) is 4.98 Å². The SMILES string of the molecule is NC(=O)c1c(Nc2ccc(N3CCCCC3)cn2)n[nH]c1NCc1ccc(O)cc1. The fraction of sp³-hybridized carbons (Fsp3) is 0.286. The van der Waals surface area contributed by atoms with Gasteiger partial charge in [-0.15, -0.1) is 0 Å². The average molecular weight is 407 g/mol. The van der Waals surface area contributed by atoms with Crippen molar-refractivity contribution in [2.24, 2.45) is 5.73 Å². The summed E-state index contributed by atoms with van der Waals surface area (Å²) < 4.78 is 0. The van der Waals surface area contributed by atoms with Crippen LogP contribution in [0.2, 0.25) is 0 Å². The topological polar surface area (TPSA) is 132 Å². The lowest BCUT2D eigenvalue weighted by atomic mass is 10.1. The molecule has 9 heteroatoms. The summed E-state index contributed by atoms with van der Waals surface area (Å²) in [7, 11) is 0. The van der Waals surface area contributed by atoms with Gasteiger partial charge in [0, 0.05) is 19.6 Å². The molecule has 30 heavy (non-hydrogen) atoms. The van der Waals surface area contributed by atoms with Crippen molar-refractivity contribution in [1.29, 1.82) is 0 Å². The maximum absolute atomic E-state index is 12.0. The number of rotatable bonds is 7. The molecule has 0 radical (unpaired) electrons. The molecule has 1 aliphatic rings. The number of carbonyl (C=O) groups excluding carboxylic acids is 1. The van der Waals surface area contributed by atoms with Crippen molar-refractivity contribution in [1.82, 2.24) is 15.2 Å². The van der Waals surface area contributed by atoms with Crippen molar-refractivity contribution in [3.63, 3.8) is 0 Å². The van der Waals surface area contributed by atoms with E-state index in [1.165, 1.54) is 19.3 Å². The molecule has 1 aliphatic heterocycles. The molecule has 3 aromatic rings. The van der Waals surface area contributed by atoms with Gasteiger partial charge in [-0.3, -0.25) is 9.89 Å². The first-order valence-corrected chi connectivity index (χ1v) is 9.98. The number of aromatic amines is 1. The summed E-state index contributed by atoms with van der Waals surface area (Å²) in [6.07, 6.45) is 5.51. The van der Waals surface area contributed by atoms with Gasteiger partial charge >= 0.3 is 0 Å². The predicted molar refractivity (Wildman–Crippen MR) is 116 cm³/mol. The number of phenolic OH excluding ortho intramolecular Hbond substituents is 1. The zero-order valence-corrected chi connectivity index (χ0v) is 16.6. The minimum Gasteiger partial charge on any atom is -0.508 e. The van der Waals surface area contributed by atoms with Gasteiger partial charge in [0.25, 0.3) is 5.91 Å². The van der Waals surface area contributed by atoms with E-state index >= 15 is 0 Å². The monoisotopic (exact) mass is 407 g/mol. The fourth-order valence-corrected chi connectivity index (χ4v) is 3.52. The number of hydrogen-bond acceptors (Lipinski definition) is 7. The van der Waals surface area contributed by atoms with E-state index in [1.807, 2.05) is 18.3 Å². The molecule has 1 aromatic carbocycles. The van der Waals surface area contributed by atoms with Gasteiger partial charge in [-0.05, 0) is 49.1 Å². The van der Waals surface area contributed by atoms with Crippen molar-refractivity contribution in [3.05, 3.63) is 53.7 Å². The lowest BCUT2D eigenvalue weighted by Gasteiger charge is -2.28. The Labute approximate surface area is 174 Å². The normalized spacial score (nSPS) is 13.8. The Kier molecular flexibility index (Phi) is 5.69. The van der Waals surface area contributed by atoms with Crippen LogP contribution in [-0.2, 0) is 6.54 Å². The van der Waals surface area contributed by atoms with Crippen LogP contribution in [0.1, 0.15) is 35.2 Å². The molecule has 2 aromatic heterocycles. The van der Waals surface area contributed by atoms with Gasteiger partial charge in [-0.1, -0.05) is 12.1 Å². The summed E-state index contributed by atoms with van der Waals surface area (Å²) in [5.74, 6) is 0.902. The van der Waals surface area contributed by atoms with Crippen LogP contribution in [0.4, 0.5) is 23.1 Å². The number of pyridine rings is 1. The Morgan fingerprint density at radius 2 is 1.90 bits per heavy atom. The molecule has 0 bridgehead atoms. The van der Waals surface area contributed by atoms with Crippen LogP contribution in [0.5, 0.6) is 5.75 Å². The summed E-state index contributed by atoms with van der Waals surface area (Å²) in [5, 5.41) is 22.6. The standard InChI is InChI=1S/C21H25N7O2/c22-19(30)18-20(24-12-14-4-7-16(29)8-5-14)26-27-21(18)25-17-9-6-15(13-23-17)28-10-2-1-3-11-28/h4-9,13,29H,1-3,10-12H2,(H2,22,30)(H3,23,24,25,26,27). The van der Waals surface area contributed by atoms with Gasteiger partial charge in [0.15, 0.2) is 5.82 Å². The number of nitrogens with two attached hydrogens (primary N) is 1. The Morgan fingerprint density at radius 3 is 2.57 bits per heavy atom. The molecule has 9 nitrogen and oxygen atoms in total. The van der Waals surface area contributed by atoms with Crippen LogP contribution in [0.3, 0.4) is 0 Å². The van der Waals surface area contributed by atoms with Crippen LogP contribution in [0, 0.1) is 0 Å². The molecule has 0 aliphatic carbocycles. The van der Waals surface area contributed by atoms with Crippen LogP contribution in [0.15, 0.2) is 42.6 Å². The minimum atomic E-state index is -0.607. The number of carbonyl (C=O) groups is 1. The van der Waals surface area contributed by atoms with E-state index in [0.29, 0.717) is 24.0 Å². The quantitative estimate of drug-likeness (QED) is 0.407. The Hall–Kier alpha value is -3.75.